The summed E-state index contributed by atoms with van der Waals surface area (Å²) in [4.78, 5) is 23.3. The Bertz CT molecular complexity index is 760. The molecule has 0 heterocycles. The van der Waals surface area contributed by atoms with Crippen molar-refractivity contribution in [1.82, 2.24) is 0 Å². The van der Waals surface area contributed by atoms with Crippen molar-refractivity contribution >= 4 is 17.8 Å². The van der Waals surface area contributed by atoms with Crippen molar-refractivity contribution in [3.05, 3.63) is 59.7 Å². The summed E-state index contributed by atoms with van der Waals surface area (Å²) >= 11 is 0. The maximum absolute atomic E-state index is 12.2. The Hall–Kier alpha value is -3.08. The fourth-order valence-corrected chi connectivity index (χ4v) is 2.05. The second kappa shape index (κ2) is 7.97. The molecule has 0 fully saturated rings. The molecule has 5 nitrogen and oxygen atoms in total. The average molecular weight is 326 g/mol. The van der Waals surface area contributed by atoms with Crippen LogP contribution >= 0.6 is 0 Å². The molecule has 0 aliphatic carbocycles. The van der Waals surface area contributed by atoms with Crippen LogP contribution < -0.4 is 14.2 Å². The van der Waals surface area contributed by atoms with Crippen LogP contribution in [0.2, 0.25) is 0 Å². The number of rotatable bonds is 6. The zero-order valence-electron chi connectivity index (χ0n) is 13.7. The van der Waals surface area contributed by atoms with Gasteiger partial charge in [-0.15, -0.1) is 0 Å². The lowest BCUT2D eigenvalue weighted by atomic mass is 10.1. The lowest BCUT2D eigenvalue weighted by Gasteiger charge is -2.08. The fraction of sp³-hybridized carbons (Fsp3) is 0.158. The molecule has 0 aliphatic heterocycles. The third-order valence-corrected chi connectivity index (χ3v) is 3.24. The molecule has 24 heavy (non-hydrogen) atoms. The average Bonchev–Trinajstić information content (AvgIpc) is 2.59. The standard InChI is InChI=1S/C19H18O5/c1-13(20)24-19-12-14(5-11-18(19)23-3)4-10-17(21)15-6-8-16(22-2)9-7-15/h4-12H,1-3H3. The fourth-order valence-electron chi connectivity index (χ4n) is 2.05. The van der Waals surface area contributed by atoms with E-state index in [0.29, 0.717) is 28.4 Å². The Balaban J connectivity index is 2.17. The molecule has 0 N–H and O–H groups in total. The summed E-state index contributed by atoms with van der Waals surface area (Å²) in [5.74, 6) is 0.871. The van der Waals surface area contributed by atoms with Crippen LogP contribution in [0.1, 0.15) is 22.8 Å². The molecule has 0 saturated heterocycles. The van der Waals surface area contributed by atoms with Crippen LogP contribution in [0.4, 0.5) is 0 Å². The minimum absolute atomic E-state index is 0.137. The first-order valence-electron chi connectivity index (χ1n) is 7.26. The minimum Gasteiger partial charge on any atom is -0.497 e. The highest BCUT2D eigenvalue weighted by atomic mass is 16.6. The number of methoxy groups -OCH3 is 2. The van der Waals surface area contributed by atoms with Crippen molar-refractivity contribution in [2.24, 2.45) is 0 Å². The van der Waals surface area contributed by atoms with E-state index in [9.17, 15) is 9.59 Å². The molecule has 0 atom stereocenters. The van der Waals surface area contributed by atoms with Gasteiger partial charge in [-0.25, -0.2) is 0 Å². The third-order valence-electron chi connectivity index (χ3n) is 3.24. The van der Waals surface area contributed by atoms with Gasteiger partial charge < -0.3 is 14.2 Å². The first-order valence-corrected chi connectivity index (χ1v) is 7.26. The van der Waals surface area contributed by atoms with Gasteiger partial charge >= 0.3 is 5.97 Å². The van der Waals surface area contributed by atoms with Gasteiger partial charge in [-0.2, -0.15) is 0 Å². The van der Waals surface area contributed by atoms with Crippen LogP contribution in [-0.2, 0) is 4.79 Å². The van der Waals surface area contributed by atoms with Crippen molar-refractivity contribution in [1.29, 1.82) is 0 Å². The highest BCUT2D eigenvalue weighted by Crippen LogP contribution is 2.28. The smallest absolute Gasteiger partial charge is 0.308 e. The summed E-state index contributed by atoms with van der Waals surface area (Å²) in [6.07, 6.45) is 3.11. The van der Waals surface area contributed by atoms with Gasteiger partial charge in [0.05, 0.1) is 14.2 Å². The predicted octanol–water partition coefficient (Wildman–Crippen LogP) is 3.53. The summed E-state index contributed by atoms with van der Waals surface area (Å²) in [5, 5.41) is 0. The molecular formula is C19H18O5. The van der Waals surface area contributed by atoms with E-state index in [1.807, 2.05) is 0 Å². The molecular weight excluding hydrogens is 308 g/mol. The molecule has 0 aromatic heterocycles. The topological polar surface area (TPSA) is 61.8 Å². The number of benzene rings is 2. The van der Waals surface area contributed by atoms with Crippen LogP contribution in [0.15, 0.2) is 48.5 Å². The SMILES string of the molecule is COc1ccc(C(=O)C=Cc2ccc(OC)c(OC(C)=O)c2)cc1. The molecule has 124 valence electrons. The molecule has 2 aromatic carbocycles. The highest BCUT2D eigenvalue weighted by molar-refractivity contribution is 6.06. The van der Waals surface area contributed by atoms with Crippen LogP contribution in [0.5, 0.6) is 17.2 Å². The lowest BCUT2D eigenvalue weighted by Crippen LogP contribution is -2.03. The van der Waals surface area contributed by atoms with E-state index in [1.165, 1.54) is 20.1 Å². The van der Waals surface area contributed by atoms with Gasteiger partial charge in [0, 0.05) is 12.5 Å². The molecule has 2 rings (SSSR count). The first-order chi connectivity index (χ1) is 11.5. The van der Waals surface area contributed by atoms with Crippen LogP contribution in [0.3, 0.4) is 0 Å². The Morgan fingerprint density at radius 2 is 1.62 bits per heavy atom. The number of ether oxygens (including phenoxy) is 3. The van der Waals surface area contributed by atoms with Crippen molar-refractivity contribution in [3.63, 3.8) is 0 Å². The van der Waals surface area contributed by atoms with E-state index in [2.05, 4.69) is 0 Å². The second-order valence-electron chi connectivity index (χ2n) is 4.93. The van der Waals surface area contributed by atoms with Crippen LogP contribution in [-0.4, -0.2) is 26.0 Å². The number of ketones is 1. The predicted molar refractivity (Wildman–Crippen MR) is 90.7 cm³/mol. The molecule has 0 bridgehead atoms. The molecule has 0 aliphatic rings. The van der Waals surface area contributed by atoms with Crippen molar-refractivity contribution in [2.45, 2.75) is 6.92 Å². The van der Waals surface area contributed by atoms with Gasteiger partial charge in [0.25, 0.3) is 0 Å². The maximum atomic E-state index is 12.2. The zero-order chi connectivity index (χ0) is 17.5. The van der Waals surface area contributed by atoms with Gasteiger partial charge in [0.15, 0.2) is 17.3 Å². The molecule has 0 unspecified atom stereocenters. The van der Waals surface area contributed by atoms with Gasteiger partial charge in [0.1, 0.15) is 5.75 Å². The number of carbonyl (C=O) groups is 2. The van der Waals surface area contributed by atoms with Crippen molar-refractivity contribution in [2.75, 3.05) is 14.2 Å². The number of allylic oxidation sites excluding steroid dienone is 1. The van der Waals surface area contributed by atoms with Gasteiger partial charge in [0.2, 0.25) is 0 Å². The summed E-state index contributed by atoms with van der Waals surface area (Å²) in [5.41, 5.74) is 1.27. The summed E-state index contributed by atoms with van der Waals surface area (Å²) < 4.78 is 15.3. The molecule has 2 aromatic rings. The van der Waals surface area contributed by atoms with E-state index < -0.39 is 5.97 Å². The minimum atomic E-state index is -0.441. The number of hydrogen-bond donors (Lipinski definition) is 0. The van der Waals surface area contributed by atoms with Crippen LogP contribution in [0, 0.1) is 0 Å². The van der Waals surface area contributed by atoms with E-state index in [0.717, 1.165) is 0 Å². The Morgan fingerprint density at radius 3 is 2.21 bits per heavy atom. The van der Waals surface area contributed by atoms with E-state index in [1.54, 1.807) is 55.7 Å². The van der Waals surface area contributed by atoms with Crippen molar-refractivity contribution in [3.8, 4) is 17.2 Å². The summed E-state index contributed by atoms with van der Waals surface area (Å²) in [6, 6.07) is 11.9. The third kappa shape index (κ3) is 4.46. The monoisotopic (exact) mass is 326 g/mol. The van der Waals surface area contributed by atoms with Gasteiger partial charge in [-0.3, -0.25) is 9.59 Å². The van der Waals surface area contributed by atoms with E-state index >= 15 is 0 Å². The number of hydrogen-bond acceptors (Lipinski definition) is 5. The molecule has 5 heteroatoms. The summed E-state index contributed by atoms with van der Waals surface area (Å²) in [7, 11) is 3.06. The Morgan fingerprint density at radius 1 is 0.917 bits per heavy atom. The Kier molecular flexibility index (Phi) is 5.73. The van der Waals surface area contributed by atoms with Gasteiger partial charge in [-0.1, -0.05) is 12.1 Å². The number of carbonyl (C=O) groups excluding carboxylic acids is 2. The number of esters is 1. The van der Waals surface area contributed by atoms with E-state index in [4.69, 9.17) is 14.2 Å². The van der Waals surface area contributed by atoms with E-state index in [-0.39, 0.29) is 5.78 Å². The molecule has 0 spiro atoms. The van der Waals surface area contributed by atoms with Gasteiger partial charge in [-0.05, 0) is 48.0 Å². The normalized spacial score (nSPS) is 10.5. The Labute approximate surface area is 140 Å². The largest absolute Gasteiger partial charge is 0.497 e. The molecule has 0 amide bonds. The first kappa shape index (κ1) is 17.3. The quantitative estimate of drug-likeness (QED) is 0.352. The zero-order valence-corrected chi connectivity index (χ0v) is 13.7. The van der Waals surface area contributed by atoms with Crippen LogP contribution in [0.25, 0.3) is 6.08 Å². The second-order valence-corrected chi connectivity index (χ2v) is 4.93. The summed E-state index contributed by atoms with van der Waals surface area (Å²) in [6.45, 7) is 1.31. The lowest BCUT2D eigenvalue weighted by molar-refractivity contribution is -0.132. The highest BCUT2D eigenvalue weighted by Gasteiger charge is 2.08. The molecule has 0 saturated carbocycles. The maximum Gasteiger partial charge on any atom is 0.308 e. The van der Waals surface area contributed by atoms with Crippen molar-refractivity contribution < 1.29 is 23.8 Å². The molecule has 0 radical (unpaired) electrons.